The molecule has 0 unspecified atom stereocenters. The molecule has 1 N–H and O–H groups in total. The Morgan fingerprint density at radius 3 is 2.71 bits per heavy atom. The number of anilines is 1. The summed E-state index contributed by atoms with van der Waals surface area (Å²) >= 11 is 0. The lowest BCUT2D eigenvalue weighted by Gasteiger charge is -2.36. The van der Waals surface area contributed by atoms with Gasteiger partial charge in [0.15, 0.2) is 0 Å². The quantitative estimate of drug-likeness (QED) is 0.677. The lowest BCUT2D eigenvalue weighted by atomic mass is 10.1. The first kappa shape index (κ1) is 20.4. The number of aliphatic hydroxyl groups is 1. The van der Waals surface area contributed by atoms with Gasteiger partial charge in [-0.1, -0.05) is 31.2 Å². The highest BCUT2D eigenvalue weighted by Gasteiger charge is 2.20. The standard InChI is InChI=1S/C23H31N3O2/c1-3-7-19-9-10-22(20(4-2)16-19)28-18-21(27)17-25-12-14-26(15-13-25)23-8-5-6-11-24-23/h3,5-6,8-11,16,21,27H,1,4,7,12-15,17-18H2,2H3/t21-/m0/s1. The molecular weight excluding hydrogens is 350 g/mol. The molecule has 0 aliphatic carbocycles. The third-order valence-corrected chi connectivity index (χ3v) is 5.13. The summed E-state index contributed by atoms with van der Waals surface area (Å²) in [6, 6.07) is 12.2. The van der Waals surface area contributed by atoms with Gasteiger partial charge < -0.3 is 14.7 Å². The maximum Gasteiger partial charge on any atom is 0.128 e. The third-order valence-electron chi connectivity index (χ3n) is 5.13. The SMILES string of the molecule is C=CCc1ccc(OC[C@@H](O)CN2CCN(c3ccccn3)CC2)c(CC)c1. The molecule has 0 bridgehead atoms. The molecule has 1 aliphatic heterocycles. The van der Waals surface area contributed by atoms with Crippen molar-refractivity contribution in [3.05, 3.63) is 66.4 Å². The Morgan fingerprint density at radius 1 is 1.21 bits per heavy atom. The molecule has 1 saturated heterocycles. The summed E-state index contributed by atoms with van der Waals surface area (Å²) in [6.45, 7) is 10.6. The number of hydrogen-bond acceptors (Lipinski definition) is 5. The van der Waals surface area contributed by atoms with Crippen molar-refractivity contribution in [2.24, 2.45) is 0 Å². The molecule has 1 aromatic carbocycles. The summed E-state index contributed by atoms with van der Waals surface area (Å²) in [5, 5.41) is 10.4. The predicted molar refractivity (Wildman–Crippen MR) is 114 cm³/mol. The van der Waals surface area contributed by atoms with Crippen LogP contribution >= 0.6 is 0 Å². The highest BCUT2D eigenvalue weighted by atomic mass is 16.5. The van der Waals surface area contributed by atoms with Crippen LogP contribution in [0.25, 0.3) is 0 Å². The lowest BCUT2D eigenvalue weighted by Crippen LogP contribution is -2.49. The molecule has 1 atom stereocenters. The van der Waals surface area contributed by atoms with E-state index < -0.39 is 6.10 Å². The van der Waals surface area contributed by atoms with E-state index in [1.165, 1.54) is 11.1 Å². The Morgan fingerprint density at radius 2 is 2.04 bits per heavy atom. The van der Waals surface area contributed by atoms with Crippen molar-refractivity contribution in [3.8, 4) is 5.75 Å². The minimum absolute atomic E-state index is 0.314. The Bertz CT molecular complexity index is 743. The summed E-state index contributed by atoms with van der Waals surface area (Å²) in [7, 11) is 0. The van der Waals surface area contributed by atoms with Crippen molar-refractivity contribution in [1.29, 1.82) is 0 Å². The number of hydrogen-bond donors (Lipinski definition) is 1. The van der Waals surface area contributed by atoms with Crippen LogP contribution in [0.2, 0.25) is 0 Å². The molecular formula is C23H31N3O2. The lowest BCUT2D eigenvalue weighted by molar-refractivity contribution is 0.0659. The van der Waals surface area contributed by atoms with E-state index in [0.717, 1.165) is 50.6 Å². The largest absolute Gasteiger partial charge is 0.491 e. The van der Waals surface area contributed by atoms with Crippen LogP contribution in [0, 0.1) is 0 Å². The van der Waals surface area contributed by atoms with Crippen LogP contribution in [-0.4, -0.2) is 60.4 Å². The number of aryl methyl sites for hydroxylation is 1. The molecule has 5 heteroatoms. The number of benzene rings is 1. The molecule has 1 aromatic heterocycles. The number of β-amino-alcohol motifs (C(OH)–C–C–N with tert-alkyl or cyclic N) is 1. The zero-order valence-corrected chi connectivity index (χ0v) is 16.8. The fraction of sp³-hybridized carbons (Fsp3) is 0.435. The van der Waals surface area contributed by atoms with E-state index in [0.29, 0.717) is 13.2 Å². The number of piperazine rings is 1. The first-order valence-electron chi connectivity index (χ1n) is 10.1. The molecule has 1 aliphatic rings. The van der Waals surface area contributed by atoms with Crippen molar-refractivity contribution < 1.29 is 9.84 Å². The minimum Gasteiger partial charge on any atom is -0.491 e. The number of aromatic nitrogens is 1. The van der Waals surface area contributed by atoms with Gasteiger partial charge in [0.05, 0.1) is 0 Å². The summed E-state index contributed by atoms with van der Waals surface area (Å²) in [4.78, 5) is 9.00. The topological polar surface area (TPSA) is 48.8 Å². The second kappa shape index (κ2) is 10.2. The number of allylic oxidation sites excluding steroid dienone is 1. The van der Waals surface area contributed by atoms with E-state index in [9.17, 15) is 5.11 Å². The van der Waals surface area contributed by atoms with Crippen molar-refractivity contribution >= 4 is 5.82 Å². The van der Waals surface area contributed by atoms with Crippen molar-refractivity contribution in [2.45, 2.75) is 25.9 Å². The van der Waals surface area contributed by atoms with Gasteiger partial charge in [-0.15, -0.1) is 6.58 Å². The molecule has 28 heavy (non-hydrogen) atoms. The summed E-state index contributed by atoms with van der Waals surface area (Å²) in [5.74, 6) is 1.90. The number of pyridine rings is 1. The fourth-order valence-electron chi connectivity index (χ4n) is 3.58. The van der Waals surface area contributed by atoms with Crippen LogP contribution in [0.1, 0.15) is 18.1 Å². The van der Waals surface area contributed by atoms with Crippen LogP contribution in [-0.2, 0) is 12.8 Å². The molecule has 0 amide bonds. The highest BCUT2D eigenvalue weighted by molar-refractivity contribution is 5.39. The Balaban J connectivity index is 1.45. The van der Waals surface area contributed by atoms with E-state index in [2.05, 4.69) is 40.4 Å². The van der Waals surface area contributed by atoms with Gasteiger partial charge in [-0.25, -0.2) is 4.98 Å². The maximum absolute atomic E-state index is 10.4. The van der Waals surface area contributed by atoms with Gasteiger partial charge in [-0.05, 0) is 42.2 Å². The van der Waals surface area contributed by atoms with Gasteiger partial charge in [0.2, 0.25) is 0 Å². The molecule has 1 fully saturated rings. The highest BCUT2D eigenvalue weighted by Crippen LogP contribution is 2.22. The van der Waals surface area contributed by atoms with E-state index in [1.807, 2.05) is 36.5 Å². The molecule has 3 rings (SSSR count). The van der Waals surface area contributed by atoms with Crippen LogP contribution in [0.3, 0.4) is 0 Å². The molecule has 2 heterocycles. The van der Waals surface area contributed by atoms with Crippen LogP contribution in [0.5, 0.6) is 5.75 Å². The molecule has 150 valence electrons. The van der Waals surface area contributed by atoms with Gasteiger partial charge in [0.25, 0.3) is 0 Å². The summed E-state index contributed by atoms with van der Waals surface area (Å²) in [6.07, 6.45) is 5.01. The zero-order valence-electron chi connectivity index (χ0n) is 16.8. The van der Waals surface area contributed by atoms with E-state index in [1.54, 1.807) is 0 Å². The number of aliphatic hydroxyl groups excluding tert-OH is 1. The average molecular weight is 382 g/mol. The van der Waals surface area contributed by atoms with E-state index >= 15 is 0 Å². The second-order valence-corrected chi connectivity index (χ2v) is 7.23. The van der Waals surface area contributed by atoms with Crippen LogP contribution in [0.4, 0.5) is 5.82 Å². The first-order chi connectivity index (χ1) is 13.7. The van der Waals surface area contributed by atoms with Crippen molar-refractivity contribution in [1.82, 2.24) is 9.88 Å². The number of ether oxygens (including phenoxy) is 1. The van der Waals surface area contributed by atoms with E-state index in [4.69, 9.17) is 4.74 Å². The van der Waals surface area contributed by atoms with Crippen molar-refractivity contribution in [2.75, 3.05) is 44.2 Å². The Kier molecular flexibility index (Phi) is 7.46. The fourth-order valence-corrected chi connectivity index (χ4v) is 3.58. The van der Waals surface area contributed by atoms with E-state index in [-0.39, 0.29) is 0 Å². The number of nitrogens with zero attached hydrogens (tertiary/aromatic N) is 3. The summed E-state index contributed by atoms with van der Waals surface area (Å²) in [5.41, 5.74) is 2.42. The van der Waals surface area contributed by atoms with Gasteiger partial charge in [0, 0.05) is 38.9 Å². The minimum atomic E-state index is -0.501. The zero-order chi connectivity index (χ0) is 19.8. The van der Waals surface area contributed by atoms with Crippen LogP contribution < -0.4 is 9.64 Å². The predicted octanol–water partition coefficient (Wildman–Crippen LogP) is 2.93. The van der Waals surface area contributed by atoms with Gasteiger partial charge in [0.1, 0.15) is 24.3 Å². The second-order valence-electron chi connectivity index (χ2n) is 7.23. The third kappa shape index (κ3) is 5.57. The Labute approximate surface area is 168 Å². The van der Waals surface area contributed by atoms with Crippen molar-refractivity contribution in [3.63, 3.8) is 0 Å². The van der Waals surface area contributed by atoms with Gasteiger partial charge >= 0.3 is 0 Å². The molecule has 2 aromatic rings. The van der Waals surface area contributed by atoms with Gasteiger partial charge in [-0.2, -0.15) is 0 Å². The normalized spacial score (nSPS) is 16.0. The van der Waals surface area contributed by atoms with Gasteiger partial charge in [-0.3, -0.25) is 4.90 Å². The molecule has 0 radical (unpaired) electrons. The average Bonchev–Trinajstić information content (AvgIpc) is 2.74. The first-order valence-corrected chi connectivity index (χ1v) is 10.1. The maximum atomic E-state index is 10.4. The summed E-state index contributed by atoms with van der Waals surface area (Å²) < 4.78 is 5.93. The Hall–Kier alpha value is -2.37. The molecule has 0 saturated carbocycles. The van der Waals surface area contributed by atoms with Crippen LogP contribution in [0.15, 0.2) is 55.3 Å². The monoisotopic (exact) mass is 381 g/mol. The molecule has 0 spiro atoms. The smallest absolute Gasteiger partial charge is 0.128 e. The number of rotatable bonds is 9. The molecule has 5 nitrogen and oxygen atoms in total.